The largest absolute Gasteiger partial charge is 0.394 e. The average molecular weight is 348 g/mol. The fourth-order valence-corrected chi connectivity index (χ4v) is 3.10. The minimum Gasteiger partial charge on any atom is -0.394 e. The van der Waals surface area contributed by atoms with Crippen LogP contribution in [0, 0.1) is 6.92 Å². The predicted octanol–water partition coefficient (Wildman–Crippen LogP) is 1.91. The zero-order valence-corrected chi connectivity index (χ0v) is 14.3. The lowest BCUT2D eigenvalue weighted by Gasteiger charge is -2.12. The van der Waals surface area contributed by atoms with Crippen LogP contribution in [-0.4, -0.2) is 32.1 Å². The van der Waals surface area contributed by atoms with E-state index < -0.39 is 22.0 Å². The lowest BCUT2D eigenvalue weighted by molar-refractivity contribution is 0.0922. The van der Waals surface area contributed by atoms with Gasteiger partial charge in [-0.2, -0.15) is 0 Å². The molecule has 0 unspecified atom stereocenters. The molecular weight excluding hydrogens is 328 g/mol. The number of carbonyl (C=O) groups is 1. The zero-order chi connectivity index (χ0) is 17.7. The van der Waals surface area contributed by atoms with Gasteiger partial charge in [-0.15, -0.1) is 0 Å². The summed E-state index contributed by atoms with van der Waals surface area (Å²) < 4.78 is 27.4. The third-order valence-corrected chi connectivity index (χ3v) is 4.74. The van der Waals surface area contributed by atoms with Crippen molar-refractivity contribution in [2.75, 3.05) is 11.3 Å². The van der Waals surface area contributed by atoms with E-state index in [-0.39, 0.29) is 17.1 Å². The molecule has 0 aliphatic rings. The number of nitrogens with one attached hydrogen (secondary N) is 2. The summed E-state index contributed by atoms with van der Waals surface area (Å²) in [7, 11) is -3.80. The first kappa shape index (κ1) is 18.0. The van der Waals surface area contributed by atoms with Crippen LogP contribution in [0.3, 0.4) is 0 Å². The molecule has 24 heavy (non-hydrogen) atoms. The highest BCUT2D eigenvalue weighted by molar-refractivity contribution is 7.92. The van der Waals surface area contributed by atoms with Crippen LogP contribution in [-0.2, 0) is 10.0 Å². The molecule has 128 valence electrons. The maximum Gasteiger partial charge on any atom is 0.261 e. The van der Waals surface area contributed by atoms with Crippen LogP contribution in [0.4, 0.5) is 5.69 Å². The Morgan fingerprint density at radius 2 is 1.83 bits per heavy atom. The van der Waals surface area contributed by atoms with E-state index in [0.29, 0.717) is 5.69 Å². The highest BCUT2D eigenvalue weighted by atomic mass is 32.2. The molecular formula is C17H20N2O4S. The van der Waals surface area contributed by atoms with Crippen LogP contribution < -0.4 is 10.0 Å². The lowest BCUT2D eigenvalue weighted by atomic mass is 10.2. The van der Waals surface area contributed by atoms with E-state index in [0.717, 1.165) is 5.56 Å². The van der Waals surface area contributed by atoms with E-state index in [4.69, 9.17) is 5.11 Å². The maximum atomic E-state index is 12.5. The second kappa shape index (κ2) is 7.46. The van der Waals surface area contributed by atoms with Gasteiger partial charge in [-0.3, -0.25) is 9.52 Å². The Morgan fingerprint density at radius 1 is 1.17 bits per heavy atom. The minimum absolute atomic E-state index is 0.00706. The van der Waals surface area contributed by atoms with E-state index >= 15 is 0 Å². The predicted molar refractivity (Wildman–Crippen MR) is 92.4 cm³/mol. The first-order chi connectivity index (χ1) is 11.3. The van der Waals surface area contributed by atoms with Gasteiger partial charge in [0.25, 0.3) is 15.9 Å². The van der Waals surface area contributed by atoms with Gasteiger partial charge in [-0.05, 0) is 44.2 Å². The zero-order valence-electron chi connectivity index (χ0n) is 13.5. The molecule has 2 rings (SSSR count). The molecule has 1 atom stereocenters. The molecule has 0 radical (unpaired) electrons. The number of hydrogen-bond acceptors (Lipinski definition) is 4. The summed E-state index contributed by atoms with van der Waals surface area (Å²) in [6.07, 6.45) is 0. The molecule has 0 aliphatic heterocycles. The fraction of sp³-hybridized carbons (Fsp3) is 0.235. The second-order valence-electron chi connectivity index (χ2n) is 5.56. The van der Waals surface area contributed by atoms with Crippen molar-refractivity contribution < 1.29 is 18.3 Å². The number of aliphatic hydroxyl groups is 1. The Labute approximate surface area is 141 Å². The monoisotopic (exact) mass is 348 g/mol. The Hall–Kier alpha value is -2.38. The molecule has 0 fully saturated rings. The highest BCUT2D eigenvalue weighted by Gasteiger charge is 2.17. The molecule has 0 saturated heterocycles. The summed E-state index contributed by atoms with van der Waals surface area (Å²) in [6.45, 7) is 3.36. The first-order valence-electron chi connectivity index (χ1n) is 7.43. The lowest BCUT2D eigenvalue weighted by Crippen LogP contribution is -2.35. The highest BCUT2D eigenvalue weighted by Crippen LogP contribution is 2.17. The van der Waals surface area contributed by atoms with Gasteiger partial charge in [0, 0.05) is 17.3 Å². The summed E-state index contributed by atoms with van der Waals surface area (Å²) in [5.41, 5.74) is 1.68. The van der Waals surface area contributed by atoms with Crippen LogP contribution in [0.1, 0.15) is 22.8 Å². The Kier molecular flexibility index (Phi) is 5.58. The van der Waals surface area contributed by atoms with Crippen LogP contribution in [0.2, 0.25) is 0 Å². The van der Waals surface area contributed by atoms with Crippen molar-refractivity contribution in [3.63, 3.8) is 0 Å². The van der Waals surface area contributed by atoms with E-state index in [1.54, 1.807) is 31.2 Å². The van der Waals surface area contributed by atoms with Crippen LogP contribution in [0.5, 0.6) is 0 Å². The molecule has 6 nitrogen and oxygen atoms in total. The van der Waals surface area contributed by atoms with E-state index in [1.807, 2.05) is 6.92 Å². The summed E-state index contributed by atoms with van der Waals surface area (Å²) >= 11 is 0. The molecule has 0 aromatic heterocycles. The number of benzene rings is 2. The number of aryl methyl sites for hydroxylation is 1. The van der Waals surface area contributed by atoms with Gasteiger partial charge >= 0.3 is 0 Å². The van der Waals surface area contributed by atoms with Crippen LogP contribution >= 0.6 is 0 Å². The van der Waals surface area contributed by atoms with Gasteiger partial charge in [-0.25, -0.2) is 8.42 Å². The number of anilines is 1. The number of sulfonamides is 1. The normalized spacial score (nSPS) is 12.5. The average Bonchev–Trinajstić information content (AvgIpc) is 2.56. The van der Waals surface area contributed by atoms with Gasteiger partial charge in [0.15, 0.2) is 0 Å². The number of carbonyl (C=O) groups excluding carboxylic acids is 1. The van der Waals surface area contributed by atoms with Crippen molar-refractivity contribution in [2.45, 2.75) is 24.8 Å². The Balaban J connectivity index is 2.23. The summed E-state index contributed by atoms with van der Waals surface area (Å²) in [5, 5.41) is 11.6. The Morgan fingerprint density at radius 3 is 2.46 bits per heavy atom. The number of hydrogen-bond donors (Lipinski definition) is 3. The van der Waals surface area contributed by atoms with Gasteiger partial charge < -0.3 is 10.4 Å². The molecule has 1 amide bonds. The van der Waals surface area contributed by atoms with Crippen molar-refractivity contribution in [1.29, 1.82) is 0 Å². The van der Waals surface area contributed by atoms with Crippen LogP contribution in [0.25, 0.3) is 0 Å². The second-order valence-corrected chi connectivity index (χ2v) is 7.24. The molecule has 7 heteroatoms. The van der Waals surface area contributed by atoms with E-state index in [2.05, 4.69) is 10.0 Å². The molecule has 0 heterocycles. The van der Waals surface area contributed by atoms with Crippen molar-refractivity contribution in [1.82, 2.24) is 5.32 Å². The summed E-state index contributed by atoms with van der Waals surface area (Å²) in [5.74, 6) is -0.441. The van der Waals surface area contributed by atoms with Gasteiger partial charge in [-0.1, -0.05) is 23.8 Å². The van der Waals surface area contributed by atoms with Crippen molar-refractivity contribution >= 4 is 21.6 Å². The van der Waals surface area contributed by atoms with Crippen LogP contribution in [0.15, 0.2) is 53.4 Å². The number of aliphatic hydroxyl groups excluding tert-OH is 1. The van der Waals surface area contributed by atoms with Gasteiger partial charge in [0.1, 0.15) is 0 Å². The molecule has 2 aromatic rings. The third kappa shape index (κ3) is 4.56. The van der Waals surface area contributed by atoms with Gasteiger partial charge in [0.05, 0.1) is 11.5 Å². The first-order valence-corrected chi connectivity index (χ1v) is 8.91. The summed E-state index contributed by atoms with van der Waals surface area (Å²) in [6, 6.07) is 12.3. The standard InChI is InChI=1S/C17H20N2O4S/c1-12-6-8-15(9-7-12)19-24(22,23)16-5-3-4-14(10-16)17(21)18-13(2)11-20/h3-10,13,19-20H,11H2,1-2H3,(H,18,21)/t13-/m1/s1. The van der Waals surface area contributed by atoms with Crippen molar-refractivity contribution in [2.24, 2.45) is 0 Å². The maximum absolute atomic E-state index is 12.5. The topological polar surface area (TPSA) is 95.5 Å². The third-order valence-electron chi connectivity index (χ3n) is 3.36. The quantitative estimate of drug-likeness (QED) is 0.743. The summed E-state index contributed by atoms with van der Waals surface area (Å²) in [4.78, 5) is 12.0. The van der Waals surface area contributed by atoms with Gasteiger partial charge in [0.2, 0.25) is 0 Å². The van der Waals surface area contributed by atoms with E-state index in [1.165, 1.54) is 24.3 Å². The Bertz CT molecular complexity index is 817. The molecule has 0 bridgehead atoms. The smallest absolute Gasteiger partial charge is 0.261 e. The molecule has 0 saturated carbocycles. The number of amides is 1. The molecule has 2 aromatic carbocycles. The number of rotatable bonds is 6. The van der Waals surface area contributed by atoms with E-state index in [9.17, 15) is 13.2 Å². The fourth-order valence-electron chi connectivity index (χ4n) is 1.99. The van der Waals surface area contributed by atoms with Crippen molar-refractivity contribution in [3.05, 3.63) is 59.7 Å². The van der Waals surface area contributed by atoms with Crippen molar-refractivity contribution in [3.8, 4) is 0 Å². The molecule has 0 aliphatic carbocycles. The SMILES string of the molecule is Cc1ccc(NS(=O)(=O)c2cccc(C(=O)N[C@H](C)CO)c2)cc1. The molecule has 3 N–H and O–H groups in total. The molecule has 0 spiro atoms. The minimum atomic E-state index is -3.80.